The molecular weight excluding hydrogens is 203 g/mol. The molecule has 2 atom stereocenters. The first kappa shape index (κ1) is 9.55. The van der Waals surface area contributed by atoms with E-state index in [1.807, 2.05) is 0 Å². The summed E-state index contributed by atoms with van der Waals surface area (Å²) in [6.45, 7) is 3.40. The number of hydrogen-bond donors (Lipinski definition) is 0. The molecule has 0 aromatic heterocycles. The quantitative estimate of drug-likeness (QED) is 0.297. The van der Waals surface area contributed by atoms with E-state index in [1.165, 1.54) is 6.08 Å². The highest BCUT2D eigenvalue weighted by molar-refractivity contribution is 6.48. The standard InChI is InChI=1S/C7H6Cl2O3/c1-2-3-7(9)4(8)5(10)12-6(7)11/h2,4H,1,3H2. The number of cyclic esters (lactones) is 2. The molecular formula is C7H6Cl2O3. The zero-order valence-electron chi connectivity index (χ0n) is 6.05. The van der Waals surface area contributed by atoms with Gasteiger partial charge in [-0.2, -0.15) is 0 Å². The number of ether oxygens (including phenoxy) is 1. The first-order valence-corrected chi connectivity index (χ1v) is 4.04. The first-order valence-electron chi connectivity index (χ1n) is 3.22. The van der Waals surface area contributed by atoms with Crippen LogP contribution in [0.5, 0.6) is 0 Å². The molecule has 0 bridgehead atoms. The van der Waals surface area contributed by atoms with Gasteiger partial charge < -0.3 is 4.74 Å². The third-order valence-electron chi connectivity index (χ3n) is 1.58. The number of carbonyl (C=O) groups is 2. The highest BCUT2D eigenvalue weighted by atomic mass is 35.5. The summed E-state index contributed by atoms with van der Waals surface area (Å²) in [6, 6.07) is 0. The predicted molar refractivity (Wildman–Crippen MR) is 44.1 cm³/mol. The van der Waals surface area contributed by atoms with Gasteiger partial charge in [-0.15, -0.1) is 29.8 Å². The van der Waals surface area contributed by atoms with Crippen LogP contribution in [0, 0.1) is 0 Å². The average molecular weight is 209 g/mol. The Labute approximate surface area is 79.3 Å². The van der Waals surface area contributed by atoms with Gasteiger partial charge in [-0.1, -0.05) is 6.08 Å². The minimum absolute atomic E-state index is 0.118. The van der Waals surface area contributed by atoms with E-state index in [4.69, 9.17) is 23.2 Å². The highest BCUT2D eigenvalue weighted by Gasteiger charge is 2.55. The molecule has 0 spiro atoms. The minimum Gasteiger partial charge on any atom is -0.391 e. The van der Waals surface area contributed by atoms with Crippen molar-refractivity contribution in [2.24, 2.45) is 0 Å². The molecule has 1 saturated heterocycles. The summed E-state index contributed by atoms with van der Waals surface area (Å²) in [5.74, 6) is -1.59. The second-order valence-electron chi connectivity index (χ2n) is 2.43. The van der Waals surface area contributed by atoms with Crippen LogP contribution in [0.25, 0.3) is 0 Å². The van der Waals surface area contributed by atoms with Crippen LogP contribution in [0.2, 0.25) is 0 Å². The van der Waals surface area contributed by atoms with Crippen LogP contribution in [-0.2, 0) is 14.3 Å². The van der Waals surface area contributed by atoms with Gasteiger partial charge in [0, 0.05) is 0 Å². The van der Waals surface area contributed by atoms with Gasteiger partial charge in [0.15, 0.2) is 10.3 Å². The summed E-state index contributed by atoms with van der Waals surface area (Å²) < 4.78 is 4.25. The third-order valence-corrected chi connectivity index (χ3v) is 2.77. The lowest BCUT2D eigenvalue weighted by Gasteiger charge is -2.15. The summed E-state index contributed by atoms with van der Waals surface area (Å²) >= 11 is 11.3. The zero-order valence-corrected chi connectivity index (χ0v) is 7.56. The fourth-order valence-corrected chi connectivity index (χ4v) is 1.37. The number of rotatable bonds is 2. The molecule has 0 N–H and O–H groups in total. The van der Waals surface area contributed by atoms with E-state index >= 15 is 0 Å². The molecule has 2 unspecified atom stereocenters. The monoisotopic (exact) mass is 208 g/mol. The van der Waals surface area contributed by atoms with Crippen molar-refractivity contribution in [3.05, 3.63) is 12.7 Å². The van der Waals surface area contributed by atoms with Crippen LogP contribution in [-0.4, -0.2) is 22.2 Å². The topological polar surface area (TPSA) is 43.4 Å². The third kappa shape index (κ3) is 1.23. The maximum atomic E-state index is 11.0. The van der Waals surface area contributed by atoms with Gasteiger partial charge in [-0.05, 0) is 6.42 Å². The Morgan fingerprint density at radius 1 is 1.67 bits per heavy atom. The van der Waals surface area contributed by atoms with Gasteiger partial charge in [-0.3, -0.25) is 0 Å². The van der Waals surface area contributed by atoms with Crippen molar-refractivity contribution < 1.29 is 14.3 Å². The molecule has 1 aliphatic heterocycles. The fourth-order valence-electron chi connectivity index (χ4n) is 0.915. The van der Waals surface area contributed by atoms with Gasteiger partial charge in [0.05, 0.1) is 0 Å². The molecule has 0 aliphatic carbocycles. The normalized spacial score (nSPS) is 35.0. The second-order valence-corrected chi connectivity index (χ2v) is 3.54. The van der Waals surface area contributed by atoms with E-state index in [9.17, 15) is 9.59 Å². The van der Waals surface area contributed by atoms with E-state index in [2.05, 4.69) is 11.3 Å². The molecule has 0 saturated carbocycles. The van der Waals surface area contributed by atoms with Crippen LogP contribution in [0.4, 0.5) is 0 Å². The maximum absolute atomic E-state index is 11.0. The molecule has 66 valence electrons. The zero-order chi connectivity index (χ0) is 9.35. The fraction of sp³-hybridized carbons (Fsp3) is 0.429. The Kier molecular flexibility index (Phi) is 2.44. The van der Waals surface area contributed by atoms with Gasteiger partial charge in [0.2, 0.25) is 0 Å². The lowest BCUT2D eigenvalue weighted by atomic mass is 10.0. The average Bonchev–Trinajstić information content (AvgIpc) is 2.17. The predicted octanol–water partition coefficient (Wildman–Crippen LogP) is 1.23. The van der Waals surface area contributed by atoms with E-state index in [-0.39, 0.29) is 6.42 Å². The van der Waals surface area contributed by atoms with Crippen LogP contribution < -0.4 is 0 Å². The van der Waals surface area contributed by atoms with Gasteiger partial charge in [0.25, 0.3) is 0 Å². The second kappa shape index (κ2) is 3.07. The molecule has 1 aliphatic rings. The number of carbonyl (C=O) groups excluding carboxylic acids is 2. The Balaban J connectivity index is 2.94. The Hall–Kier alpha value is -0.540. The van der Waals surface area contributed by atoms with Crippen molar-refractivity contribution in [1.82, 2.24) is 0 Å². The number of halogens is 2. The number of esters is 2. The van der Waals surface area contributed by atoms with E-state index in [0.29, 0.717) is 0 Å². The molecule has 0 aromatic carbocycles. The Morgan fingerprint density at radius 2 is 2.25 bits per heavy atom. The van der Waals surface area contributed by atoms with Gasteiger partial charge >= 0.3 is 11.9 Å². The van der Waals surface area contributed by atoms with E-state index < -0.39 is 22.2 Å². The van der Waals surface area contributed by atoms with Crippen molar-refractivity contribution in [3.8, 4) is 0 Å². The highest BCUT2D eigenvalue weighted by Crippen LogP contribution is 2.36. The molecule has 1 fully saturated rings. The van der Waals surface area contributed by atoms with Crippen LogP contribution in [0.15, 0.2) is 12.7 Å². The summed E-state index contributed by atoms with van der Waals surface area (Å²) in [5.41, 5.74) is 0. The molecule has 3 nitrogen and oxygen atoms in total. The minimum atomic E-state index is -1.46. The SMILES string of the molecule is C=CCC1(Cl)C(=O)OC(=O)C1Cl. The summed E-state index contributed by atoms with van der Waals surface area (Å²) in [5, 5.41) is -1.12. The van der Waals surface area contributed by atoms with Gasteiger partial charge in [0.1, 0.15) is 0 Å². The smallest absolute Gasteiger partial charge is 0.337 e. The number of hydrogen-bond acceptors (Lipinski definition) is 3. The summed E-state index contributed by atoms with van der Waals surface area (Å²) in [7, 11) is 0. The van der Waals surface area contributed by atoms with Crippen molar-refractivity contribution in [2.75, 3.05) is 0 Å². The van der Waals surface area contributed by atoms with Crippen LogP contribution in [0.3, 0.4) is 0 Å². The Morgan fingerprint density at radius 3 is 2.58 bits per heavy atom. The van der Waals surface area contributed by atoms with Crippen LogP contribution in [0.1, 0.15) is 6.42 Å². The lowest BCUT2D eigenvalue weighted by Crippen LogP contribution is -2.35. The van der Waals surface area contributed by atoms with E-state index in [0.717, 1.165) is 0 Å². The number of alkyl halides is 2. The van der Waals surface area contributed by atoms with Crippen molar-refractivity contribution in [1.29, 1.82) is 0 Å². The molecule has 0 aromatic rings. The molecule has 0 radical (unpaired) electrons. The molecule has 0 amide bonds. The van der Waals surface area contributed by atoms with Crippen molar-refractivity contribution in [2.45, 2.75) is 16.7 Å². The number of allylic oxidation sites excluding steroid dienone is 1. The molecule has 1 rings (SSSR count). The summed E-state index contributed by atoms with van der Waals surface area (Å²) in [6.07, 6.45) is 1.54. The Bertz CT molecular complexity index is 251. The van der Waals surface area contributed by atoms with Crippen molar-refractivity contribution in [3.63, 3.8) is 0 Å². The molecule has 5 heteroatoms. The first-order chi connectivity index (χ1) is 5.52. The van der Waals surface area contributed by atoms with Crippen molar-refractivity contribution >= 4 is 35.1 Å². The summed E-state index contributed by atoms with van der Waals surface area (Å²) in [4.78, 5) is 20.3. The lowest BCUT2D eigenvalue weighted by molar-refractivity contribution is -0.152. The van der Waals surface area contributed by atoms with Crippen LogP contribution >= 0.6 is 23.2 Å². The molecule has 12 heavy (non-hydrogen) atoms. The molecule has 1 heterocycles. The largest absolute Gasteiger partial charge is 0.391 e. The van der Waals surface area contributed by atoms with Gasteiger partial charge in [-0.25, -0.2) is 9.59 Å². The van der Waals surface area contributed by atoms with E-state index in [1.54, 1.807) is 0 Å². The maximum Gasteiger partial charge on any atom is 0.337 e.